The van der Waals surface area contributed by atoms with Gasteiger partial charge in [0.1, 0.15) is 12.2 Å². The summed E-state index contributed by atoms with van der Waals surface area (Å²) >= 11 is 3.21. The van der Waals surface area contributed by atoms with Crippen molar-refractivity contribution in [3.8, 4) is 0 Å². The number of carbonyl (C=O) groups excluding carboxylic acids is 2. The van der Waals surface area contributed by atoms with E-state index in [9.17, 15) is 14.4 Å². The highest BCUT2D eigenvalue weighted by Crippen LogP contribution is 2.11. The van der Waals surface area contributed by atoms with Crippen LogP contribution in [0, 0.1) is 6.92 Å². The molecule has 0 saturated carbocycles. The van der Waals surface area contributed by atoms with E-state index in [1.165, 1.54) is 10.9 Å². The first-order valence-electron chi connectivity index (χ1n) is 7.33. The van der Waals surface area contributed by atoms with Crippen molar-refractivity contribution in [2.45, 2.75) is 13.5 Å². The number of hydrogen-bond donors (Lipinski definition) is 3. The predicted molar refractivity (Wildman–Crippen MR) is 94.8 cm³/mol. The van der Waals surface area contributed by atoms with Gasteiger partial charge in [0.2, 0.25) is 0 Å². The van der Waals surface area contributed by atoms with E-state index in [4.69, 9.17) is 0 Å². The van der Waals surface area contributed by atoms with Crippen LogP contribution in [0.2, 0.25) is 0 Å². The predicted octanol–water partition coefficient (Wildman–Crippen LogP) is 1.26. The Balaban J connectivity index is 1.69. The summed E-state index contributed by atoms with van der Waals surface area (Å²) in [5.74, 6) is -1.05. The van der Waals surface area contributed by atoms with Crippen molar-refractivity contribution in [2.24, 2.45) is 0 Å². The van der Waals surface area contributed by atoms with Gasteiger partial charge in [-0.15, -0.1) is 0 Å². The van der Waals surface area contributed by atoms with Crippen LogP contribution < -0.4 is 16.4 Å². The van der Waals surface area contributed by atoms with Crippen LogP contribution >= 0.6 is 15.9 Å². The average Bonchev–Trinajstić information content (AvgIpc) is 3.02. The Morgan fingerprint density at radius 1 is 1.32 bits per heavy atom. The number of carbonyl (C=O) groups is 2. The molecule has 25 heavy (non-hydrogen) atoms. The molecule has 2 heterocycles. The summed E-state index contributed by atoms with van der Waals surface area (Å²) in [6.45, 7) is 1.60. The lowest BCUT2D eigenvalue weighted by Gasteiger charge is -2.09. The second-order valence-electron chi connectivity index (χ2n) is 5.38. The van der Waals surface area contributed by atoms with Crippen molar-refractivity contribution in [1.29, 1.82) is 0 Å². The molecule has 3 aromatic rings. The number of aromatic nitrogens is 3. The van der Waals surface area contributed by atoms with Crippen LogP contribution in [0.3, 0.4) is 0 Å². The van der Waals surface area contributed by atoms with E-state index in [-0.39, 0.29) is 17.8 Å². The number of halogens is 1. The van der Waals surface area contributed by atoms with Gasteiger partial charge in [0.25, 0.3) is 17.4 Å². The molecule has 3 N–H and O–H groups in total. The summed E-state index contributed by atoms with van der Waals surface area (Å²) in [5.41, 5.74) is 6.00. The smallest absolute Gasteiger partial charge is 0.286 e. The minimum atomic E-state index is -0.546. The number of hydrazine groups is 1. The number of fused-ring (bicyclic) bond motifs is 1. The molecule has 2 aromatic heterocycles. The fourth-order valence-electron chi connectivity index (χ4n) is 2.34. The molecule has 0 radical (unpaired) electrons. The summed E-state index contributed by atoms with van der Waals surface area (Å²) in [7, 11) is 0. The van der Waals surface area contributed by atoms with Crippen molar-refractivity contribution in [2.75, 3.05) is 0 Å². The van der Waals surface area contributed by atoms with Crippen molar-refractivity contribution < 1.29 is 9.59 Å². The summed E-state index contributed by atoms with van der Waals surface area (Å²) < 4.78 is 1.90. The Morgan fingerprint density at radius 2 is 2.12 bits per heavy atom. The molecule has 8 nitrogen and oxygen atoms in total. The number of aryl methyl sites for hydroxylation is 1. The molecular formula is C16H14BrN5O3. The van der Waals surface area contributed by atoms with Crippen LogP contribution in [0.25, 0.3) is 10.9 Å². The molecular weight excluding hydrogens is 390 g/mol. The zero-order chi connectivity index (χ0) is 18.0. The van der Waals surface area contributed by atoms with E-state index in [0.29, 0.717) is 15.4 Å². The molecule has 3 rings (SSSR count). The van der Waals surface area contributed by atoms with Crippen molar-refractivity contribution >= 4 is 38.6 Å². The first-order chi connectivity index (χ1) is 12.0. The molecule has 2 amide bonds. The molecule has 0 saturated heterocycles. The molecule has 1 aromatic carbocycles. The summed E-state index contributed by atoms with van der Waals surface area (Å²) in [5, 5.41) is 0.440. The standard InChI is InChI=1S/C16H14BrN5O3/c1-9-3-2-4-11-14(9)19-8-22(16(11)25)7-13(23)20-21-15(24)12-5-10(17)6-18-12/h2-6,8,18H,7H2,1H3,(H,20,23)(H,21,24). The van der Waals surface area contributed by atoms with E-state index in [1.54, 1.807) is 24.4 Å². The number of aromatic amines is 1. The first kappa shape index (κ1) is 16.9. The number of hydrogen-bond acceptors (Lipinski definition) is 4. The lowest BCUT2D eigenvalue weighted by molar-refractivity contribution is -0.122. The van der Waals surface area contributed by atoms with Crippen LogP contribution in [-0.2, 0) is 11.3 Å². The third-order valence-electron chi connectivity index (χ3n) is 3.58. The number of nitrogens with zero attached hydrogens (tertiary/aromatic N) is 2. The number of H-pyrrole nitrogens is 1. The van der Waals surface area contributed by atoms with Crippen LogP contribution in [0.1, 0.15) is 16.1 Å². The van der Waals surface area contributed by atoms with E-state index >= 15 is 0 Å². The monoisotopic (exact) mass is 403 g/mol. The molecule has 9 heteroatoms. The quantitative estimate of drug-likeness (QED) is 0.571. The van der Waals surface area contributed by atoms with Gasteiger partial charge in [0.05, 0.1) is 17.2 Å². The van der Waals surface area contributed by atoms with Gasteiger partial charge in [-0.3, -0.25) is 29.8 Å². The highest BCUT2D eigenvalue weighted by molar-refractivity contribution is 9.10. The maximum atomic E-state index is 12.4. The van der Waals surface area contributed by atoms with Crippen molar-refractivity contribution in [1.82, 2.24) is 25.4 Å². The molecule has 0 aliphatic rings. The highest BCUT2D eigenvalue weighted by Gasteiger charge is 2.11. The molecule has 0 spiro atoms. The zero-order valence-electron chi connectivity index (χ0n) is 13.2. The Morgan fingerprint density at radius 3 is 2.84 bits per heavy atom. The number of rotatable bonds is 3. The topological polar surface area (TPSA) is 109 Å². The van der Waals surface area contributed by atoms with Gasteiger partial charge in [0.15, 0.2) is 0 Å². The number of nitrogens with one attached hydrogen (secondary N) is 3. The Labute approximate surface area is 150 Å². The molecule has 0 atom stereocenters. The van der Waals surface area contributed by atoms with Crippen LogP contribution in [0.5, 0.6) is 0 Å². The molecule has 128 valence electrons. The van der Waals surface area contributed by atoms with Gasteiger partial charge >= 0.3 is 0 Å². The van der Waals surface area contributed by atoms with Gasteiger partial charge in [-0.2, -0.15) is 0 Å². The van der Waals surface area contributed by atoms with E-state index in [2.05, 4.69) is 36.7 Å². The highest BCUT2D eigenvalue weighted by atomic mass is 79.9. The largest absolute Gasteiger partial charge is 0.356 e. The summed E-state index contributed by atoms with van der Waals surface area (Å²) in [4.78, 5) is 43.2. The maximum Gasteiger partial charge on any atom is 0.286 e. The molecule has 0 fully saturated rings. The minimum Gasteiger partial charge on any atom is -0.356 e. The van der Waals surface area contributed by atoms with Gasteiger partial charge in [0, 0.05) is 10.7 Å². The Hall–Kier alpha value is -2.94. The maximum absolute atomic E-state index is 12.4. The average molecular weight is 404 g/mol. The summed E-state index contributed by atoms with van der Waals surface area (Å²) in [6, 6.07) is 6.86. The minimum absolute atomic E-state index is 0.260. The number of benzene rings is 1. The van der Waals surface area contributed by atoms with E-state index in [1.807, 2.05) is 13.0 Å². The Bertz CT molecular complexity index is 1020. The summed E-state index contributed by atoms with van der Waals surface area (Å²) in [6.07, 6.45) is 2.92. The van der Waals surface area contributed by atoms with Crippen LogP contribution in [0.4, 0.5) is 0 Å². The number of para-hydroxylation sites is 1. The molecule has 0 aliphatic heterocycles. The fourth-order valence-corrected chi connectivity index (χ4v) is 2.68. The molecule has 0 unspecified atom stereocenters. The first-order valence-corrected chi connectivity index (χ1v) is 8.13. The third kappa shape index (κ3) is 3.61. The van der Waals surface area contributed by atoms with E-state index in [0.717, 1.165) is 5.56 Å². The van der Waals surface area contributed by atoms with Crippen LogP contribution in [0.15, 0.2) is 46.1 Å². The molecule has 0 aliphatic carbocycles. The second-order valence-corrected chi connectivity index (χ2v) is 6.30. The number of amides is 2. The van der Waals surface area contributed by atoms with E-state index < -0.39 is 11.8 Å². The fraction of sp³-hybridized carbons (Fsp3) is 0.125. The zero-order valence-corrected chi connectivity index (χ0v) is 14.8. The van der Waals surface area contributed by atoms with Gasteiger partial charge < -0.3 is 4.98 Å². The van der Waals surface area contributed by atoms with Crippen molar-refractivity contribution in [3.63, 3.8) is 0 Å². The second kappa shape index (κ2) is 6.89. The van der Waals surface area contributed by atoms with Gasteiger partial charge in [-0.05, 0) is 40.5 Å². The SMILES string of the molecule is Cc1cccc2c(=O)n(CC(=O)NNC(=O)c3cc(Br)c[nH]3)cnc12. The van der Waals surface area contributed by atoms with Gasteiger partial charge in [-0.1, -0.05) is 12.1 Å². The van der Waals surface area contributed by atoms with Gasteiger partial charge in [-0.25, -0.2) is 4.98 Å². The van der Waals surface area contributed by atoms with Crippen molar-refractivity contribution in [3.05, 3.63) is 62.9 Å². The lowest BCUT2D eigenvalue weighted by atomic mass is 10.1. The molecule has 0 bridgehead atoms. The Kier molecular flexibility index (Phi) is 4.66. The van der Waals surface area contributed by atoms with Crippen LogP contribution in [-0.4, -0.2) is 26.3 Å². The lowest BCUT2D eigenvalue weighted by Crippen LogP contribution is -2.44. The normalized spacial score (nSPS) is 10.6. The third-order valence-corrected chi connectivity index (χ3v) is 4.03.